The molecule has 6 heterocycles. The highest BCUT2D eigenvalue weighted by Crippen LogP contribution is 2.37. The molecule has 6 rings (SSSR count). The van der Waals surface area contributed by atoms with E-state index in [0.717, 1.165) is 72.9 Å². The van der Waals surface area contributed by atoms with Crippen LogP contribution in [0.3, 0.4) is 0 Å². The number of hydrogen-bond donors (Lipinski definition) is 1. The molecule has 0 atom stereocenters. The van der Waals surface area contributed by atoms with Gasteiger partial charge >= 0.3 is 0 Å². The molecule has 2 N–H and O–H groups in total. The summed E-state index contributed by atoms with van der Waals surface area (Å²) in [6, 6.07) is 8.21. The number of anilines is 2. The number of hydrogen-bond acceptors (Lipinski definition) is 8. The second-order valence-electron chi connectivity index (χ2n) is 11.0. The van der Waals surface area contributed by atoms with E-state index >= 15 is 0 Å². The van der Waals surface area contributed by atoms with Crippen LogP contribution < -0.4 is 10.6 Å². The van der Waals surface area contributed by atoms with Gasteiger partial charge in [0.2, 0.25) is 0 Å². The Morgan fingerprint density at radius 2 is 1.82 bits per heavy atom. The van der Waals surface area contributed by atoms with Gasteiger partial charge in [-0.25, -0.2) is 15.0 Å². The lowest BCUT2D eigenvalue weighted by molar-refractivity contribution is 0.173. The van der Waals surface area contributed by atoms with Gasteiger partial charge in [0, 0.05) is 73.7 Å². The molecule has 0 spiro atoms. The average molecular weight is 524 g/mol. The number of imidazole rings is 1. The van der Waals surface area contributed by atoms with E-state index in [-0.39, 0.29) is 0 Å². The molecule has 0 unspecified atom stereocenters. The van der Waals surface area contributed by atoms with Crippen LogP contribution in [0.2, 0.25) is 0 Å². The Labute approximate surface area is 230 Å². The molecule has 4 aromatic heterocycles. The van der Waals surface area contributed by atoms with Gasteiger partial charge in [-0.3, -0.25) is 9.97 Å². The molecule has 2 saturated heterocycles. The molecule has 2 aliphatic heterocycles. The van der Waals surface area contributed by atoms with E-state index in [0.29, 0.717) is 17.7 Å². The van der Waals surface area contributed by atoms with Gasteiger partial charge in [0.05, 0.1) is 11.3 Å². The first-order valence-electron chi connectivity index (χ1n) is 14.1. The molecule has 202 valence electrons. The van der Waals surface area contributed by atoms with Crippen molar-refractivity contribution in [1.29, 1.82) is 0 Å². The van der Waals surface area contributed by atoms with E-state index in [1.54, 1.807) is 12.5 Å². The number of rotatable bonds is 8. The van der Waals surface area contributed by atoms with Gasteiger partial charge in [-0.2, -0.15) is 0 Å². The summed E-state index contributed by atoms with van der Waals surface area (Å²) in [5.41, 5.74) is 11.4. The monoisotopic (exact) mass is 523 g/mol. The number of likely N-dealkylation sites (tertiary alicyclic amines) is 1. The summed E-state index contributed by atoms with van der Waals surface area (Å²) in [6.45, 7) is 10.6. The van der Waals surface area contributed by atoms with Crippen LogP contribution in [-0.2, 0) is 6.54 Å². The molecule has 9 heteroatoms. The highest BCUT2D eigenvalue weighted by Gasteiger charge is 2.28. The van der Waals surface area contributed by atoms with Gasteiger partial charge in [-0.1, -0.05) is 19.9 Å². The van der Waals surface area contributed by atoms with Crippen molar-refractivity contribution in [1.82, 2.24) is 34.4 Å². The van der Waals surface area contributed by atoms with Crippen molar-refractivity contribution in [3.05, 3.63) is 66.9 Å². The molecular weight excluding hydrogens is 486 g/mol. The third-order valence-corrected chi connectivity index (χ3v) is 8.05. The van der Waals surface area contributed by atoms with Crippen molar-refractivity contribution in [3.8, 4) is 22.4 Å². The molecule has 0 radical (unpaired) electrons. The Morgan fingerprint density at radius 3 is 2.54 bits per heavy atom. The highest BCUT2D eigenvalue weighted by molar-refractivity contribution is 5.83. The van der Waals surface area contributed by atoms with Crippen molar-refractivity contribution in [2.45, 2.75) is 51.5 Å². The van der Waals surface area contributed by atoms with E-state index in [9.17, 15) is 0 Å². The smallest absolute Gasteiger partial charge is 0.142 e. The molecule has 0 aliphatic carbocycles. The first-order valence-corrected chi connectivity index (χ1v) is 14.1. The predicted octanol–water partition coefficient (Wildman–Crippen LogP) is 4.59. The molecule has 9 nitrogen and oxygen atoms in total. The summed E-state index contributed by atoms with van der Waals surface area (Å²) >= 11 is 0. The van der Waals surface area contributed by atoms with Crippen LogP contribution in [-0.4, -0.2) is 67.1 Å². The topological polar surface area (TPSA) is 102 Å². The molecule has 39 heavy (non-hydrogen) atoms. The fourth-order valence-electron chi connectivity index (χ4n) is 5.62. The van der Waals surface area contributed by atoms with Gasteiger partial charge in [-0.05, 0) is 56.5 Å². The van der Waals surface area contributed by atoms with E-state index in [4.69, 9.17) is 10.7 Å². The molecular formula is C30H37N9. The Bertz CT molecular complexity index is 1400. The maximum Gasteiger partial charge on any atom is 0.142 e. The minimum Gasteiger partial charge on any atom is -0.383 e. The lowest BCUT2D eigenvalue weighted by atomic mass is 9.95. The normalized spacial score (nSPS) is 16.5. The fraction of sp³-hybridized carbons (Fsp3) is 0.433. The third kappa shape index (κ3) is 5.36. The van der Waals surface area contributed by atoms with Crippen LogP contribution in [0.5, 0.6) is 0 Å². The largest absolute Gasteiger partial charge is 0.383 e. The van der Waals surface area contributed by atoms with Gasteiger partial charge in [0.25, 0.3) is 0 Å². The second kappa shape index (κ2) is 11.1. The summed E-state index contributed by atoms with van der Waals surface area (Å²) < 4.78 is 2.41. The molecule has 0 saturated carbocycles. The van der Waals surface area contributed by atoms with Crippen LogP contribution in [0, 0.1) is 0 Å². The summed E-state index contributed by atoms with van der Waals surface area (Å²) in [5.74, 6) is 3.34. The summed E-state index contributed by atoms with van der Waals surface area (Å²) in [6.07, 6.45) is 12.6. The van der Waals surface area contributed by atoms with Crippen molar-refractivity contribution in [2.24, 2.45) is 0 Å². The zero-order valence-electron chi connectivity index (χ0n) is 22.9. The lowest BCUT2D eigenvalue weighted by Crippen LogP contribution is -2.39. The minimum atomic E-state index is 0.384. The average Bonchev–Trinajstić information content (AvgIpc) is 3.37. The Balaban J connectivity index is 1.25. The van der Waals surface area contributed by atoms with E-state index in [2.05, 4.69) is 66.5 Å². The SMILES string of the molecule is CC(C)c1cc(-c2cn(CCN3CCC3)c(C3CCN(c4ncnc(N)c4-c4cccnc4)CC3)n2)ccn1. The first kappa shape index (κ1) is 25.4. The molecule has 2 aliphatic rings. The lowest BCUT2D eigenvalue weighted by Gasteiger charge is -2.34. The summed E-state index contributed by atoms with van der Waals surface area (Å²) in [5, 5.41) is 0. The van der Waals surface area contributed by atoms with Gasteiger partial charge < -0.3 is 20.1 Å². The van der Waals surface area contributed by atoms with Crippen molar-refractivity contribution < 1.29 is 0 Å². The maximum absolute atomic E-state index is 6.33. The molecule has 0 aromatic carbocycles. The van der Waals surface area contributed by atoms with Gasteiger partial charge in [-0.15, -0.1) is 0 Å². The van der Waals surface area contributed by atoms with Gasteiger partial charge in [0.1, 0.15) is 23.8 Å². The van der Waals surface area contributed by atoms with Crippen molar-refractivity contribution in [3.63, 3.8) is 0 Å². The maximum atomic E-state index is 6.33. The molecule has 0 bridgehead atoms. The fourth-order valence-corrected chi connectivity index (χ4v) is 5.62. The van der Waals surface area contributed by atoms with E-state index < -0.39 is 0 Å². The minimum absolute atomic E-state index is 0.384. The van der Waals surface area contributed by atoms with Crippen LogP contribution in [0.1, 0.15) is 56.5 Å². The molecule has 2 fully saturated rings. The third-order valence-electron chi connectivity index (χ3n) is 8.05. The van der Waals surface area contributed by atoms with Crippen molar-refractivity contribution in [2.75, 3.05) is 43.4 Å². The predicted molar refractivity (Wildman–Crippen MR) is 154 cm³/mol. The first-order chi connectivity index (χ1) is 19.1. The Kier molecular flexibility index (Phi) is 7.24. The zero-order valence-corrected chi connectivity index (χ0v) is 22.9. The van der Waals surface area contributed by atoms with Crippen LogP contribution in [0.4, 0.5) is 11.6 Å². The Hall–Kier alpha value is -3.85. The standard InChI is InChI=1S/C30H37N9/c1-21(2)25-17-23(6-10-33-25)26-19-39(16-15-37-11-4-12-37)29(36-26)22-7-13-38(14-8-22)30-27(28(31)34-20-35-30)24-5-3-9-32-18-24/h3,5-6,9-10,17-22H,4,7-8,11-16H2,1-2H3,(H2,31,34,35). The number of aromatic nitrogens is 6. The Morgan fingerprint density at radius 1 is 0.974 bits per heavy atom. The van der Waals surface area contributed by atoms with Crippen LogP contribution in [0.25, 0.3) is 22.4 Å². The summed E-state index contributed by atoms with van der Waals surface area (Å²) in [4.78, 5) is 27.9. The van der Waals surface area contributed by atoms with Gasteiger partial charge in [0.15, 0.2) is 0 Å². The molecule has 4 aromatic rings. The second-order valence-corrected chi connectivity index (χ2v) is 11.0. The number of piperidine rings is 1. The quantitative estimate of drug-likeness (QED) is 0.358. The molecule has 0 amide bonds. The van der Waals surface area contributed by atoms with Crippen molar-refractivity contribution >= 4 is 11.6 Å². The number of nitrogens with two attached hydrogens (primary N) is 1. The zero-order chi connectivity index (χ0) is 26.8. The van der Waals surface area contributed by atoms with Crippen LogP contribution in [0.15, 0.2) is 55.4 Å². The number of nitrogens with zero attached hydrogens (tertiary/aromatic N) is 8. The van der Waals surface area contributed by atoms with Crippen LogP contribution >= 0.6 is 0 Å². The number of nitrogen functional groups attached to an aromatic ring is 1. The number of pyridine rings is 2. The van der Waals surface area contributed by atoms with E-state index in [1.165, 1.54) is 25.3 Å². The van der Waals surface area contributed by atoms with E-state index in [1.807, 2.05) is 24.5 Å². The summed E-state index contributed by atoms with van der Waals surface area (Å²) in [7, 11) is 0. The highest BCUT2D eigenvalue weighted by atomic mass is 15.2.